The number of benzene rings is 7. The first-order valence-corrected chi connectivity index (χ1v) is 13.6. The van der Waals surface area contributed by atoms with Gasteiger partial charge in [-0.1, -0.05) is 109 Å². The zero-order valence-corrected chi connectivity index (χ0v) is 21.8. The smallest absolute Gasteiger partial charge is 0.159 e. The standard InChI is InChI=1S/C38H25NO/c1-2-10-26(11-3-1)29-16-8-17-32(22-29)39(33-21-20-27-12-4-5-13-28(27)23-33)36-19-9-18-34-35-24-30-14-6-7-15-31(30)25-37(35)40-38(34)36/h1-25H. The van der Waals surface area contributed by atoms with Gasteiger partial charge in [0.1, 0.15) is 5.58 Å². The maximum absolute atomic E-state index is 6.68. The van der Waals surface area contributed by atoms with Crippen molar-refractivity contribution in [3.63, 3.8) is 0 Å². The molecule has 0 aliphatic heterocycles. The van der Waals surface area contributed by atoms with Gasteiger partial charge in [0.25, 0.3) is 0 Å². The summed E-state index contributed by atoms with van der Waals surface area (Å²) >= 11 is 0. The predicted molar refractivity (Wildman–Crippen MR) is 169 cm³/mol. The zero-order chi connectivity index (χ0) is 26.5. The van der Waals surface area contributed by atoms with Crippen LogP contribution in [0.4, 0.5) is 17.1 Å². The normalized spacial score (nSPS) is 11.5. The van der Waals surface area contributed by atoms with Crippen molar-refractivity contribution in [3.8, 4) is 11.1 Å². The van der Waals surface area contributed by atoms with Crippen molar-refractivity contribution in [2.75, 3.05) is 4.90 Å². The number of rotatable bonds is 4. The molecular formula is C38H25NO. The largest absolute Gasteiger partial charge is 0.454 e. The van der Waals surface area contributed by atoms with Crippen LogP contribution in [0.25, 0.3) is 54.6 Å². The van der Waals surface area contributed by atoms with Crippen molar-refractivity contribution in [3.05, 3.63) is 152 Å². The summed E-state index contributed by atoms with van der Waals surface area (Å²) in [5, 5.41) is 7.06. The van der Waals surface area contributed by atoms with E-state index in [0.29, 0.717) is 0 Å². The molecule has 40 heavy (non-hydrogen) atoms. The molecule has 0 saturated heterocycles. The first-order valence-electron chi connectivity index (χ1n) is 13.6. The van der Waals surface area contributed by atoms with Crippen molar-refractivity contribution in [2.24, 2.45) is 0 Å². The van der Waals surface area contributed by atoms with Gasteiger partial charge in [-0.2, -0.15) is 0 Å². The summed E-state index contributed by atoms with van der Waals surface area (Å²) in [5.74, 6) is 0. The van der Waals surface area contributed by atoms with Crippen LogP contribution < -0.4 is 4.90 Å². The van der Waals surface area contributed by atoms with Gasteiger partial charge in [0.05, 0.1) is 5.69 Å². The molecule has 0 amide bonds. The lowest BCUT2D eigenvalue weighted by Crippen LogP contribution is -2.10. The Morgan fingerprint density at radius 2 is 1.05 bits per heavy atom. The minimum Gasteiger partial charge on any atom is -0.454 e. The highest BCUT2D eigenvalue weighted by Crippen LogP contribution is 2.44. The van der Waals surface area contributed by atoms with Gasteiger partial charge in [-0.05, 0) is 75.1 Å². The molecule has 7 aromatic carbocycles. The average molecular weight is 512 g/mol. The van der Waals surface area contributed by atoms with Crippen LogP contribution in [0.15, 0.2) is 156 Å². The van der Waals surface area contributed by atoms with Crippen molar-refractivity contribution < 1.29 is 4.42 Å². The van der Waals surface area contributed by atoms with Gasteiger partial charge in [-0.15, -0.1) is 0 Å². The monoisotopic (exact) mass is 511 g/mol. The van der Waals surface area contributed by atoms with Crippen LogP contribution in [0, 0.1) is 0 Å². The summed E-state index contributed by atoms with van der Waals surface area (Å²) in [6.07, 6.45) is 0. The summed E-state index contributed by atoms with van der Waals surface area (Å²) in [5.41, 5.74) is 7.32. The molecule has 0 N–H and O–H groups in total. The molecule has 0 spiro atoms. The highest BCUT2D eigenvalue weighted by Gasteiger charge is 2.20. The molecular weight excluding hydrogens is 486 g/mol. The maximum atomic E-state index is 6.68. The summed E-state index contributed by atoms with van der Waals surface area (Å²) in [6, 6.07) is 53.8. The van der Waals surface area contributed by atoms with Crippen LogP contribution >= 0.6 is 0 Å². The number of furan rings is 1. The third kappa shape index (κ3) is 3.73. The van der Waals surface area contributed by atoms with E-state index in [9.17, 15) is 0 Å². The second-order valence-corrected chi connectivity index (χ2v) is 10.2. The predicted octanol–water partition coefficient (Wildman–Crippen LogP) is 11.0. The Balaban J connectivity index is 1.40. The van der Waals surface area contributed by atoms with E-state index < -0.39 is 0 Å². The number of nitrogens with zero attached hydrogens (tertiary/aromatic N) is 1. The van der Waals surface area contributed by atoms with E-state index in [-0.39, 0.29) is 0 Å². The van der Waals surface area contributed by atoms with Crippen molar-refractivity contribution in [1.29, 1.82) is 0 Å². The molecule has 0 aliphatic rings. The Morgan fingerprint density at radius 3 is 1.88 bits per heavy atom. The highest BCUT2D eigenvalue weighted by atomic mass is 16.3. The molecule has 2 nitrogen and oxygen atoms in total. The van der Waals surface area contributed by atoms with Crippen LogP contribution in [-0.2, 0) is 0 Å². The lowest BCUT2D eigenvalue weighted by molar-refractivity contribution is 0.669. The van der Waals surface area contributed by atoms with Crippen molar-refractivity contribution in [2.45, 2.75) is 0 Å². The van der Waals surface area contributed by atoms with Crippen molar-refractivity contribution in [1.82, 2.24) is 0 Å². The molecule has 8 rings (SSSR count). The molecule has 0 bridgehead atoms. The van der Waals surface area contributed by atoms with Crippen LogP contribution in [0.1, 0.15) is 0 Å². The number of hydrogen-bond donors (Lipinski definition) is 0. The molecule has 0 saturated carbocycles. The van der Waals surface area contributed by atoms with Gasteiger partial charge in [0, 0.05) is 22.1 Å². The van der Waals surface area contributed by atoms with Gasteiger partial charge in [0.2, 0.25) is 0 Å². The molecule has 0 unspecified atom stereocenters. The highest BCUT2D eigenvalue weighted by molar-refractivity contribution is 6.13. The molecule has 1 heterocycles. The van der Waals surface area contributed by atoms with E-state index in [2.05, 4.69) is 157 Å². The Hall–Kier alpha value is -5.34. The maximum Gasteiger partial charge on any atom is 0.159 e. The van der Waals surface area contributed by atoms with Gasteiger partial charge >= 0.3 is 0 Å². The fraction of sp³-hybridized carbons (Fsp3) is 0. The second kappa shape index (κ2) is 9.14. The summed E-state index contributed by atoms with van der Waals surface area (Å²) in [7, 11) is 0. The lowest BCUT2D eigenvalue weighted by atomic mass is 10.0. The lowest BCUT2D eigenvalue weighted by Gasteiger charge is -2.26. The average Bonchev–Trinajstić information content (AvgIpc) is 3.39. The SMILES string of the molecule is c1ccc(-c2cccc(N(c3ccc4ccccc4c3)c3cccc4c3oc3cc5ccccc5cc34)c2)cc1. The second-order valence-electron chi connectivity index (χ2n) is 10.2. The van der Waals surface area contributed by atoms with E-state index in [1.165, 1.54) is 32.7 Å². The van der Waals surface area contributed by atoms with Crippen LogP contribution in [0.3, 0.4) is 0 Å². The van der Waals surface area contributed by atoms with Crippen LogP contribution in [0.2, 0.25) is 0 Å². The third-order valence-electron chi connectivity index (χ3n) is 7.79. The molecule has 0 atom stereocenters. The Labute approximate surface area is 232 Å². The van der Waals surface area contributed by atoms with Crippen LogP contribution in [0.5, 0.6) is 0 Å². The Kier molecular flexibility index (Phi) is 5.17. The minimum atomic E-state index is 0.881. The third-order valence-corrected chi connectivity index (χ3v) is 7.79. The molecule has 0 radical (unpaired) electrons. The van der Waals surface area contributed by atoms with Gasteiger partial charge in [0.15, 0.2) is 5.58 Å². The fourth-order valence-electron chi connectivity index (χ4n) is 5.84. The summed E-state index contributed by atoms with van der Waals surface area (Å²) in [4.78, 5) is 2.32. The topological polar surface area (TPSA) is 16.4 Å². The first kappa shape index (κ1) is 22.6. The molecule has 0 aliphatic carbocycles. The van der Waals surface area contributed by atoms with Gasteiger partial charge in [-0.3, -0.25) is 0 Å². The molecule has 1 aromatic heterocycles. The first-order chi connectivity index (χ1) is 19.8. The quantitative estimate of drug-likeness (QED) is 0.234. The van der Waals surface area contributed by atoms with Crippen molar-refractivity contribution >= 4 is 60.5 Å². The van der Waals surface area contributed by atoms with E-state index in [1.54, 1.807) is 0 Å². The van der Waals surface area contributed by atoms with Gasteiger partial charge in [-0.25, -0.2) is 0 Å². The number of fused-ring (bicyclic) bond motifs is 5. The van der Waals surface area contributed by atoms with E-state index >= 15 is 0 Å². The summed E-state index contributed by atoms with van der Waals surface area (Å²) in [6.45, 7) is 0. The van der Waals surface area contributed by atoms with E-state index in [1.807, 2.05) is 0 Å². The zero-order valence-electron chi connectivity index (χ0n) is 21.8. The summed E-state index contributed by atoms with van der Waals surface area (Å²) < 4.78 is 6.68. The van der Waals surface area contributed by atoms with Crippen LogP contribution in [-0.4, -0.2) is 0 Å². The van der Waals surface area contributed by atoms with E-state index in [4.69, 9.17) is 4.42 Å². The molecule has 188 valence electrons. The molecule has 0 fully saturated rings. The number of anilines is 3. The van der Waals surface area contributed by atoms with Gasteiger partial charge < -0.3 is 9.32 Å². The number of para-hydroxylation sites is 1. The van der Waals surface area contributed by atoms with E-state index in [0.717, 1.165) is 39.0 Å². The minimum absolute atomic E-state index is 0.881. The Morgan fingerprint density at radius 1 is 0.400 bits per heavy atom. The Bertz CT molecular complexity index is 2170. The molecule has 2 heteroatoms. The number of hydrogen-bond acceptors (Lipinski definition) is 2. The molecule has 8 aromatic rings. The fourth-order valence-corrected chi connectivity index (χ4v) is 5.84.